The molecule has 3 heteroatoms. The van der Waals surface area contributed by atoms with Gasteiger partial charge in [-0.15, -0.1) is 0 Å². The van der Waals surface area contributed by atoms with Crippen molar-refractivity contribution in [1.82, 2.24) is 4.90 Å². The predicted molar refractivity (Wildman–Crippen MR) is 77.5 cm³/mol. The maximum atomic E-state index is 12.7. The van der Waals surface area contributed by atoms with Gasteiger partial charge in [0.2, 0.25) is 0 Å². The molecule has 2 saturated carbocycles. The average molecular weight is 278 g/mol. The van der Waals surface area contributed by atoms with Gasteiger partial charge < -0.3 is 4.90 Å². The standard InChI is InChI=1S/C16H20ClNO/c17-13-8-6-12(7-9-13)16(19)18(15-10-11-15)14-4-2-1-3-5-14/h6-9,14-15H,1-5,10-11H2. The third-order valence-electron chi connectivity index (χ3n) is 4.23. The van der Waals surface area contributed by atoms with Crippen LogP contribution >= 0.6 is 11.6 Å². The zero-order valence-electron chi connectivity index (χ0n) is 11.1. The maximum Gasteiger partial charge on any atom is 0.254 e. The van der Waals surface area contributed by atoms with Gasteiger partial charge in [0.25, 0.3) is 5.91 Å². The molecule has 2 aliphatic carbocycles. The highest BCUT2D eigenvalue weighted by Gasteiger charge is 2.37. The monoisotopic (exact) mass is 277 g/mol. The first-order chi connectivity index (χ1) is 9.25. The normalized spacial score (nSPS) is 20.3. The second-order valence-corrected chi connectivity index (χ2v) is 6.18. The van der Waals surface area contributed by atoms with Gasteiger partial charge in [-0.05, 0) is 49.9 Å². The van der Waals surface area contributed by atoms with E-state index in [1.807, 2.05) is 12.1 Å². The number of nitrogens with zero attached hydrogens (tertiary/aromatic N) is 1. The molecule has 0 N–H and O–H groups in total. The Hall–Kier alpha value is -1.02. The van der Waals surface area contributed by atoms with Crippen LogP contribution < -0.4 is 0 Å². The fraction of sp³-hybridized carbons (Fsp3) is 0.562. The van der Waals surface area contributed by atoms with Crippen LogP contribution in [-0.2, 0) is 0 Å². The molecule has 0 atom stereocenters. The summed E-state index contributed by atoms with van der Waals surface area (Å²) in [5, 5.41) is 0.687. The lowest BCUT2D eigenvalue weighted by molar-refractivity contribution is 0.0614. The summed E-state index contributed by atoms with van der Waals surface area (Å²) in [6.07, 6.45) is 8.56. The van der Waals surface area contributed by atoms with Gasteiger partial charge in [-0.2, -0.15) is 0 Å². The Bertz CT molecular complexity index is 446. The van der Waals surface area contributed by atoms with Crippen LogP contribution in [0.5, 0.6) is 0 Å². The molecule has 2 fully saturated rings. The lowest BCUT2D eigenvalue weighted by Crippen LogP contribution is -2.43. The minimum atomic E-state index is 0.200. The molecule has 3 rings (SSSR count). The van der Waals surface area contributed by atoms with E-state index in [9.17, 15) is 4.79 Å². The smallest absolute Gasteiger partial charge is 0.254 e. The molecule has 0 spiro atoms. The molecular formula is C16H20ClNO. The number of halogens is 1. The summed E-state index contributed by atoms with van der Waals surface area (Å²) >= 11 is 5.89. The van der Waals surface area contributed by atoms with Gasteiger partial charge in [-0.1, -0.05) is 30.9 Å². The minimum absolute atomic E-state index is 0.200. The molecule has 0 bridgehead atoms. The lowest BCUT2D eigenvalue weighted by Gasteiger charge is -2.34. The molecule has 1 amide bonds. The number of hydrogen-bond acceptors (Lipinski definition) is 1. The first-order valence-corrected chi connectivity index (χ1v) is 7.72. The number of rotatable bonds is 3. The van der Waals surface area contributed by atoms with Crippen molar-refractivity contribution in [2.45, 2.75) is 57.0 Å². The lowest BCUT2D eigenvalue weighted by atomic mass is 9.93. The van der Waals surface area contributed by atoms with Crippen LogP contribution in [0.3, 0.4) is 0 Å². The van der Waals surface area contributed by atoms with Crippen LogP contribution in [0.2, 0.25) is 5.02 Å². The summed E-state index contributed by atoms with van der Waals surface area (Å²) in [7, 11) is 0. The van der Waals surface area contributed by atoms with Crippen LogP contribution in [0.25, 0.3) is 0 Å². The maximum absolute atomic E-state index is 12.7. The molecule has 0 radical (unpaired) electrons. The molecule has 0 unspecified atom stereocenters. The highest BCUT2D eigenvalue weighted by Crippen LogP contribution is 2.35. The second-order valence-electron chi connectivity index (χ2n) is 5.74. The van der Waals surface area contributed by atoms with Gasteiger partial charge in [0, 0.05) is 22.7 Å². The number of hydrogen-bond donors (Lipinski definition) is 0. The Morgan fingerprint density at radius 1 is 0.947 bits per heavy atom. The highest BCUT2D eigenvalue weighted by atomic mass is 35.5. The van der Waals surface area contributed by atoms with Crippen molar-refractivity contribution in [1.29, 1.82) is 0 Å². The van der Waals surface area contributed by atoms with E-state index in [-0.39, 0.29) is 5.91 Å². The van der Waals surface area contributed by atoms with Crippen molar-refractivity contribution in [3.05, 3.63) is 34.9 Å². The van der Waals surface area contributed by atoms with E-state index in [1.54, 1.807) is 12.1 Å². The number of carbonyl (C=O) groups excluding carboxylic acids is 1. The SMILES string of the molecule is O=C(c1ccc(Cl)cc1)N(C1CCCCC1)C1CC1. The van der Waals surface area contributed by atoms with E-state index in [0.717, 1.165) is 5.56 Å². The molecule has 0 saturated heterocycles. The molecule has 0 aromatic heterocycles. The third-order valence-corrected chi connectivity index (χ3v) is 4.49. The Balaban J connectivity index is 1.79. The summed E-state index contributed by atoms with van der Waals surface area (Å²) in [6.45, 7) is 0. The van der Waals surface area contributed by atoms with Crippen molar-refractivity contribution in [2.75, 3.05) is 0 Å². The quantitative estimate of drug-likeness (QED) is 0.808. The summed E-state index contributed by atoms with van der Waals surface area (Å²) in [5.41, 5.74) is 0.780. The summed E-state index contributed by atoms with van der Waals surface area (Å²) in [5.74, 6) is 0.200. The topological polar surface area (TPSA) is 20.3 Å². The van der Waals surface area contributed by atoms with Crippen molar-refractivity contribution in [3.8, 4) is 0 Å². The number of amides is 1. The third kappa shape index (κ3) is 2.94. The zero-order valence-corrected chi connectivity index (χ0v) is 11.9. The molecule has 102 valence electrons. The molecular weight excluding hydrogens is 258 g/mol. The second kappa shape index (κ2) is 5.54. The van der Waals surface area contributed by atoms with Gasteiger partial charge >= 0.3 is 0 Å². The first-order valence-electron chi connectivity index (χ1n) is 7.34. The Morgan fingerprint density at radius 2 is 1.53 bits per heavy atom. The van der Waals surface area contributed by atoms with Gasteiger partial charge in [-0.3, -0.25) is 4.79 Å². The summed E-state index contributed by atoms with van der Waals surface area (Å²) in [4.78, 5) is 14.9. The molecule has 0 heterocycles. The van der Waals surface area contributed by atoms with Gasteiger partial charge in [-0.25, -0.2) is 0 Å². The van der Waals surface area contributed by atoms with Crippen LogP contribution in [0.15, 0.2) is 24.3 Å². The Morgan fingerprint density at radius 3 is 2.11 bits per heavy atom. The largest absolute Gasteiger partial charge is 0.333 e. The molecule has 2 nitrogen and oxygen atoms in total. The van der Waals surface area contributed by atoms with Gasteiger partial charge in [0.15, 0.2) is 0 Å². The van der Waals surface area contributed by atoms with Crippen LogP contribution in [0, 0.1) is 0 Å². The minimum Gasteiger partial charge on any atom is -0.333 e. The fourth-order valence-corrected chi connectivity index (χ4v) is 3.21. The molecule has 1 aromatic carbocycles. The van der Waals surface area contributed by atoms with E-state index in [1.165, 1.54) is 44.9 Å². The van der Waals surface area contributed by atoms with Crippen molar-refractivity contribution < 1.29 is 4.79 Å². The van der Waals surface area contributed by atoms with E-state index in [4.69, 9.17) is 11.6 Å². The van der Waals surface area contributed by atoms with E-state index >= 15 is 0 Å². The van der Waals surface area contributed by atoms with Crippen molar-refractivity contribution in [3.63, 3.8) is 0 Å². The van der Waals surface area contributed by atoms with Gasteiger partial charge in [0.05, 0.1) is 0 Å². The summed E-state index contributed by atoms with van der Waals surface area (Å²) < 4.78 is 0. The van der Waals surface area contributed by atoms with Crippen LogP contribution in [-0.4, -0.2) is 22.9 Å². The molecule has 0 aliphatic heterocycles. The Kier molecular flexibility index (Phi) is 3.79. The van der Waals surface area contributed by atoms with Gasteiger partial charge in [0.1, 0.15) is 0 Å². The average Bonchev–Trinajstić information content (AvgIpc) is 3.25. The van der Waals surface area contributed by atoms with E-state index in [2.05, 4.69) is 4.90 Å². The van der Waals surface area contributed by atoms with E-state index in [0.29, 0.717) is 17.1 Å². The van der Waals surface area contributed by atoms with Crippen molar-refractivity contribution in [2.24, 2.45) is 0 Å². The Labute approximate surface area is 119 Å². The first kappa shape index (κ1) is 13.0. The van der Waals surface area contributed by atoms with E-state index < -0.39 is 0 Å². The molecule has 1 aromatic rings. The molecule has 19 heavy (non-hydrogen) atoms. The summed E-state index contributed by atoms with van der Waals surface area (Å²) in [6, 6.07) is 8.27. The highest BCUT2D eigenvalue weighted by molar-refractivity contribution is 6.30. The fourth-order valence-electron chi connectivity index (χ4n) is 3.08. The van der Waals surface area contributed by atoms with Crippen molar-refractivity contribution >= 4 is 17.5 Å². The van der Waals surface area contributed by atoms with Crippen LogP contribution in [0.1, 0.15) is 55.3 Å². The zero-order chi connectivity index (χ0) is 13.2. The predicted octanol–water partition coefficient (Wildman–Crippen LogP) is 4.28. The number of carbonyl (C=O) groups is 1. The number of benzene rings is 1. The molecule has 2 aliphatic rings. The van der Waals surface area contributed by atoms with Crippen LogP contribution in [0.4, 0.5) is 0 Å².